The smallest absolute Gasteiger partial charge is 0.162 e. The van der Waals surface area contributed by atoms with Crippen molar-refractivity contribution < 1.29 is 9.53 Å². The van der Waals surface area contributed by atoms with Gasteiger partial charge in [0.15, 0.2) is 5.78 Å². The Morgan fingerprint density at radius 2 is 1.84 bits per heavy atom. The number of carbonyl (C=O) groups excluding carboxylic acids is 1. The zero-order valence-electron chi connectivity index (χ0n) is 12.2. The summed E-state index contributed by atoms with van der Waals surface area (Å²) in [6, 6.07) is 7.28. The Kier molecular flexibility index (Phi) is 5.63. The maximum atomic E-state index is 12.0. The number of ketones is 1. The zero-order valence-corrected chi connectivity index (χ0v) is 12.2. The van der Waals surface area contributed by atoms with Crippen LogP contribution in [0.4, 0.5) is 0 Å². The molecule has 2 nitrogen and oxygen atoms in total. The van der Waals surface area contributed by atoms with E-state index in [1.54, 1.807) is 6.92 Å². The van der Waals surface area contributed by atoms with Gasteiger partial charge in [-0.1, -0.05) is 26.7 Å². The van der Waals surface area contributed by atoms with Gasteiger partial charge in [-0.25, -0.2) is 0 Å². The SMILES string of the molecule is CC#CCOc1ccc(C(=O)CCC(C)(C)C)cc1. The molecule has 0 radical (unpaired) electrons. The van der Waals surface area contributed by atoms with Crippen LogP contribution in [0.3, 0.4) is 0 Å². The van der Waals surface area contributed by atoms with Crippen molar-refractivity contribution in [2.45, 2.75) is 40.5 Å². The molecule has 0 atom stereocenters. The summed E-state index contributed by atoms with van der Waals surface area (Å²) in [5.74, 6) is 6.54. The molecule has 0 aliphatic rings. The number of carbonyl (C=O) groups is 1. The second-order valence-corrected chi connectivity index (χ2v) is 5.72. The van der Waals surface area contributed by atoms with Crippen LogP contribution >= 0.6 is 0 Å². The quantitative estimate of drug-likeness (QED) is 0.587. The molecule has 0 amide bonds. The van der Waals surface area contributed by atoms with E-state index >= 15 is 0 Å². The summed E-state index contributed by atoms with van der Waals surface area (Å²) in [6.45, 7) is 8.60. The lowest BCUT2D eigenvalue weighted by molar-refractivity contribution is 0.0966. The van der Waals surface area contributed by atoms with Crippen LogP contribution in [0.1, 0.15) is 50.9 Å². The van der Waals surface area contributed by atoms with Crippen molar-refractivity contribution in [3.05, 3.63) is 29.8 Å². The zero-order chi connectivity index (χ0) is 14.3. The van der Waals surface area contributed by atoms with Crippen molar-refractivity contribution in [2.75, 3.05) is 6.61 Å². The Morgan fingerprint density at radius 3 is 2.37 bits per heavy atom. The van der Waals surface area contributed by atoms with Crippen LogP contribution in [-0.2, 0) is 0 Å². The molecule has 0 saturated carbocycles. The highest BCUT2D eigenvalue weighted by Gasteiger charge is 2.14. The molecule has 0 N–H and O–H groups in total. The first-order valence-corrected chi connectivity index (χ1v) is 6.58. The van der Waals surface area contributed by atoms with E-state index in [9.17, 15) is 4.79 Å². The summed E-state index contributed by atoms with van der Waals surface area (Å²) in [5.41, 5.74) is 0.940. The first kappa shape index (κ1) is 15.3. The van der Waals surface area contributed by atoms with Crippen molar-refractivity contribution in [3.8, 4) is 17.6 Å². The summed E-state index contributed by atoms with van der Waals surface area (Å²) >= 11 is 0. The van der Waals surface area contributed by atoms with Crippen LogP contribution in [0.2, 0.25) is 0 Å². The number of rotatable bonds is 5. The van der Waals surface area contributed by atoms with Crippen LogP contribution in [0.25, 0.3) is 0 Å². The highest BCUT2D eigenvalue weighted by molar-refractivity contribution is 5.96. The number of ether oxygens (including phenoxy) is 1. The number of hydrogen-bond donors (Lipinski definition) is 0. The van der Waals surface area contributed by atoms with E-state index < -0.39 is 0 Å². The van der Waals surface area contributed by atoms with Crippen molar-refractivity contribution in [1.29, 1.82) is 0 Å². The molecule has 2 heteroatoms. The molecule has 0 aliphatic carbocycles. The minimum atomic E-state index is 0.190. The minimum absolute atomic E-state index is 0.190. The first-order chi connectivity index (χ1) is 8.92. The molecule has 0 fully saturated rings. The van der Waals surface area contributed by atoms with Gasteiger partial charge in [0, 0.05) is 12.0 Å². The molecule has 0 aromatic heterocycles. The molecule has 0 heterocycles. The van der Waals surface area contributed by atoms with Gasteiger partial charge < -0.3 is 4.74 Å². The Morgan fingerprint density at radius 1 is 1.21 bits per heavy atom. The summed E-state index contributed by atoms with van der Waals surface area (Å²) in [5, 5.41) is 0. The Bertz CT molecular complexity index is 467. The maximum Gasteiger partial charge on any atom is 0.162 e. The highest BCUT2D eigenvalue weighted by Crippen LogP contribution is 2.22. The molecule has 0 spiro atoms. The topological polar surface area (TPSA) is 26.3 Å². The molecule has 19 heavy (non-hydrogen) atoms. The molecule has 0 bridgehead atoms. The van der Waals surface area contributed by atoms with Crippen molar-refractivity contribution in [1.82, 2.24) is 0 Å². The molecular weight excluding hydrogens is 236 g/mol. The summed E-state index contributed by atoms with van der Waals surface area (Å²) in [4.78, 5) is 12.0. The molecule has 102 valence electrons. The van der Waals surface area contributed by atoms with E-state index in [0.29, 0.717) is 13.0 Å². The Hall–Kier alpha value is -1.75. The van der Waals surface area contributed by atoms with E-state index in [-0.39, 0.29) is 11.2 Å². The molecule has 1 rings (SSSR count). The first-order valence-electron chi connectivity index (χ1n) is 6.58. The van der Waals surface area contributed by atoms with Gasteiger partial charge in [0.25, 0.3) is 0 Å². The van der Waals surface area contributed by atoms with Gasteiger partial charge >= 0.3 is 0 Å². The third-order valence-corrected chi connectivity index (χ3v) is 2.77. The van der Waals surface area contributed by atoms with Crippen LogP contribution in [0.5, 0.6) is 5.75 Å². The van der Waals surface area contributed by atoms with Gasteiger partial charge in [0.1, 0.15) is 12.4 Å². The summed E-state index contributed by atoms with van der Waals surface area (Å²) in [6.07, 6.45) is 1.49. The van der Waals surface area contributed by atoms with E-state index in [1.165, 1.54) is 0 Å². The average Bonchev–Trinajstić information content (AvgIpc) is 2.36. The molecule has 0 unspecified atom stereocenters. The third-order valence-electron chi connectivity index (χ3n) is 2.77. The van der Waals surface area contributed by atoms with E-state index in [4.69, 9.17) is 4.74 Å². The summed E-state index contributed by atoms with van der Waals surface area (Å²) in [7, 11) is 0. The van der Waals surface area contributed by atoms with E-state index in [2.05, 4.69) is 32.6 Å². The van der Waals surface area contributed by atoms with Gasteiger partial charge in [-0.15, -0.1) is 5.92 Å². The number of benzene rings is 1. The maximum absolute atomic E-state index is 12.0. The lowest BCUT2D eigenvalue weighted by Gasteiger charge is -2.17. The molecule has 0 aliphatic heterocycles. The fraction of sp³-hybridized carbons (Fsp3) is 0.471. The van der Waals surface area contributed by atoms with Gasteiger partial charge in [-0.3, -0.25) is 4.79 Å². The van der Waals surface area contributed by atoms with Crippen molar-refractivity contribution in [2.24, 2.45) is 5.41 Å². The van der Waals surface area contributed by atoms with Crippen LogP contribution in [-0.4, -0.2) is 12.4 Å². The van der Waals surface area contributed by atoms with Gasteiger partial charge in [-0.2, -0.15) is 0 Å². The normalized spacial score (nSPS) is 10.5. The van der Waals surface area contributed by atoms with E-state index in [1.807, 2.05) is 24.3 Å². The summed E-state index contributed by atoms with van der Waals surface area (Å²) < 4.78 is 5.41. The second kappa shape index (κ2) is 6.99. The van der Waals surface area contributed by atoms with Crippen LogP contribution in [0, 0.1) is 17.3 Å². The number of hydrogen-bond acceptors (Lipinski definition) is 2. The predicted octanol–water partition coefficient (Wildman–Crippen LogP) is 4.10. The average molecular weight is 258 g/mol. The third kappa shape index (κ3) is 6.10. The van der Waals surface area contributed by atoms with E-state index in [0.717, 1.165) is 17.7 Å². The Labute approximate surface area is 116 Å². The predicted molar refractivity (Wildman–Crippen MR) is 78.4 cm³/mol. The second-order valence-electron chi connectivity index (χ2n) is 5.72. The highest BCUT2D eigenvalue weighted by atomic mass is 16.5. The van der Waals surface area contributed by atoms with Gasteiger partial charge in [0.05, 0.1) is 0 Å². The van der Waals surface area contributed by atoms with Crippen LogP contribution < -0.4 is 4.74 Å². The number of Topliss-reactive ketones (excluding diaryl/α,β-unsaturated/α-hetero) is 1. The lowest BCUT2D eigenvalue weighted by atomic mass is 9.88. The molecular formula is C17H22O2. The van der Waals surface area contributed by atoms with Crippen LogP contribution in [0.15, 0.2) is 24.3 Å². The standard InChI is InChI=1S/C17H22O2/c1-5-6-13-19-15-9-7-14(8-10-15)16(18)11-12-17(2,3)4/h7-10H,11-13H2,1-4H3. The molecule has 1 aromatic carbocycles. The fourth-order valence-corrected chi connectivity index (χ4v) is 1.56. The monoisotopic (exact) mass is 258 g/mol. The fourth-order valence-electron chi connectivity index (χ4n) is 1.56. The van der Waals surface area contributed by atoms with Gasteiger partial charge in [-0.05, 0) is 43.0 Å². The lowest BCUT2D eigenvalue weighted by Crippen LogP contribution is -2.09. The molecule has 0 saturated heterocycles. The molecule has 1 aromatic rings. The minimum Gasteiger partial charge on any atom is -0.481 e. The largest absolute Gasteiger partial charge is 0.481 e. The van der Waals surface area contributed by atoms with Crippen molar-refractivity contribution >= 4 is 5.78 Å². The van der Waals surface area contributed by atoms with Gasteiger partial charge in [0.2, 0.25) is 0 Å². The van der Waals surface area contributed by atoms with Crippen molar-refractivity contribution in [3.63, 3.8) is 0 Å². The Balaban J connectivity index is 2.55.